The number of thiocarbonyl (C=S) groups is 1. The molecule has 1 aliphatic rings. The topological polar surface area (TPSA) is 55.1 Å². The van der Waals surface area contributed by atoms with Gasteiger partial charge in [-0.3, -0.25) is 4.79 Å². The highest BCUT2D eigenvalue weighted by atomic mass is 32.2. The van der Waals surface area contributed by atoms with Crippen molar-refractivity contribution in [3.05, 3.63) is 35.9 Å². The van der Waals surface area contributed by atoms with Crippen LogP contribution in [0.4, 0.5) is 0 Å². The summed E-state index contributed by atoms with van der Waals surface area (Å²) in [6, 6.07) is 9.86. The van der Waals surface area contributed by atoms with Crippen molar-refractivity contribution in [2.24, 2.45) is 11.7 Å². The number of rotatable bonds is 6. The van der Waals surface area contributed by atoms with E-state index < -0.39 is 5.92 Å². The number of carbonyl (C=O) groups excluding carboxylic acids is 1. The van der Waals surface area contributed by atoms with Crippen molar-refractivity contribution in [3.8, 4) is 0 Å². The van der Waals surface area contributed by atoms with Gasteiger partial charge in [-0.1, -0.05) is 42.5 Å². The van der Waals surface area contributed by atoms with Crippen LogP contribution >= 0.6 is 24.0 Å². The third-order valence-corrected chi connectivity index (χ3v) is 5.70. The molecule has 5 heteroatoms. The lowest BCUT2D eigenvalue weighted by Crippen LogP contribution is -2.44. The van der Waals surface area contributed by atoms with Crippen molar-refractivity contribution >= 4 is 34.9 Å². The largest absolute Gasteiger partial charge is 0.393 e. The molecular weight excluding hydrogens is 300 g/mol. The Kier molecular flexibility index (Phi) is 5.65. The third-order valence-electron chi connectivity index (χ3n) is 3.88. The second-order valence-electron chi connectivity index (χ2n) is 5.76. The second kappa shape index (κ2) is 7.27. The van der Waals surface area contributed by atoms with Gasteiger partial charge in [0.1, 0.15) is 0 Å². The third kappa shape index (κ3) is 4.71. The van der Waals surface area contributed by atoms with E-state index in [2.05, 4.69) is 12.2 Å². The molecule has 0 saturated carbocycles. The summed E-state index contributed by atoms with van der Waals surface area (Å²) in [7, 11) is 0. The zero-order valence-electron chi connectivity index (χ0n) is 12.3. The van der Waals surface area contributed by atoms with Crippen LogP contribution < -0.4 is 11.1 Å². The Labute approximate surface area is 136 Å². The van der Waals surface area contributed by atoms with E-state index in [1.807, 2.05) is 42.1 Å². The molecule has 2 rings (SSSR count). The van der Waals surface area contributed by atoms with Gasteiger partial charge in [0.05, 0.1) is 10.9 Å². The van der Waals surface area contributed by atoms with Crippen molar-refractivity contribution in [2.45, 2.75) is 30.9 Å². The van der Waals surface area contributed by atoms with E-state index in [1.165, 1.54) is 12.2 Å². The predicted octanol–water partition coefficient (Wildman–Crippen LogP) is 2.53. The molecule has 1 saturated heterocycles. The summed E-state index contributed by atoms with van der Waals surface area (Å²) < 4.78 is 0.156. The Morgan fingerprint density at radius 2 is 2.19 bits per heavy atom. The molecule has 1 fully saturated rings. The first-order chi connectivity index (χ1) is 10.0. The lowest BCUT2D eigenvalue weighted by molar-refractivity contribution is -0.123. The van der Waals surface area contributed by atoms with Gasteiger partial charge in [0.15, 0.2) is 0 Å². The van der Waals surface area contributed by atoms with Crippen LogP contribution in [-0.4, -0.2) is 27.9 Å². The quantitative estimate of drug-likeness (QED) is 0.790. The molecule has 1 aliphatic heterocycles. The van der Waals surface area contributed by atoms with Gasteiger partial charge in [0.2, 0.25) is 5.91 Å². The van der Waals surface area contributed by atoms with Crippen molar-refractivity contribution < 1.29 is 4.79 Å². The van der Waals surface area contributed by atoms with Crippen LogP contribution in [0.3, 0.4) is 0 Å². The maximum absolute atomic E-state index is 12.4. The van der Waals surface area contributed by atoms with Crippen LogP contribution in [0, 0.1) is 5.92 Å². The number of hydrogen-bond donors (Lipinski definition) is 2. The lowest BCUT2D eigenvalue weighted by atomic mass is 9.98. The number of thioether (sulfide) groups is 1. The Bertz CT molecular complexity index is 498. The summed E-state index contributed by atoms with van der Waals surface area (Å²) in [6.07, 6.45) is 2.93. The summed E-state index contributed by atoms with van der Waals surface area (Å²) in [4.78, 5) is 12.7. The minimum absolute atomic E-state index is 0.0555. The summed E-state index contributed by atoms with van der Waals surface area (Å²) in [5, 5.41) is 3.04. The molecule has 0 aliphatic carbocycles. The zero-order chi connectivity index (χ0) is 15.3. The van der Waals surface area contributed by atoms with E-state index in [0.29, 0.717) is 13.0 Å². The van der Waals surface area contributed by atoms with Gasteiger partial charge in [-0.15, -0.1) is 0 Å². The summed E-state index contributed by atoms with van der Waals surface area (Å²) >= 11 is 7.01. The Morgan fingerprint density at radius 3 is 2.76 bits per heavy atom. The normalized spacial score (nSPS) is 22.7. The van der Waals surface area contributed by atoms with Crippen molar-refractivity contribution in [3.63, 3.8) is 0 Å². The molecular formula is C16H22N2OS2. The minimum Gasteiger partial charge on any atom is -0.393 e. The fraction of sp³-hybridized carbons (Fsp3) is 0.500. The average molecular weight is 322 g/mol. The monoisotopic (exact) mass is 322 g/mol. The van der Waals surface area contributed by atoms with Gasteiger partial charge in [0.25, 0.3) is 0 Å². The molecule has 3 nitrogen and oxygen atoms in total. The smallest absolute Gasteiger partial charge is 0.230 e. The van der Waals surface area contributed by atoms with Crippen LogP contribution in [0.2, 0.25) is 0 Å². The first kappa shape index (κ1) is 16.3. The maximum atomic E-state index is 12.4. The number of hydrogen-bond acceptors (Lipinski definition) is 3. The first-order valence-electron chi connectivity index (χ1n) is 7.25. The van der Waals surface area contributed by atoms with Crippen molar-refractivity contribution in [1.29, 1.82) is 0 Å². The number of amides is 1. The van der Waals surface area contributed by atoms with Crippen LogP contribution in [0.5, 0.6) is 0 Å². The highest BCUT2D eigenvalue weighted by Gasteiger charge is 2.31. The molecule has 0 radical (unpaired) electrons. The molecule has 21 heavy (non-hydrogen) atoms. The molecule has 2 unspecified atom stereocenters. The van der Waals surface area contributed by atoms with E-state index in [1.54, 1.807) is 0 Å². The van der Waals surface area contributed by atoms with Gasteiger partial charge in [-0.05, 0) is 37.5 Å². The Balaban J connectivity index is 1.94. The van der Waals surface area contributed by atoms with Gasteiger partial charge in [-0.25, -0.2) is 0 Å². The predicted molar refractivity (Wildman–Crippen MR) is 93.5 cm³/mol. The van der Waals surface area contributed by atoms with Gasteiger partial charge >= 0.3 is 0 Å². The average Bonchev–Trinajstić information content (AvgIpc) is 2.90. The zero-order valence-corrected chi connectivity index (χ0v) is 13.9. The molecule has 0 bridgehead atoms. The fourth-order valence-electron chi connectivity index (χ4n) is 2.55. The van der Waals surface area contributed by atoms with Crippen molar-refractivity contribution in [1.82, 2.24) is 5.32 Å². The minimum atomic E-state index is -0.433. The molecule has 3 N–H and O–H groups in total. The lowest BCUT2D eigenvalue weighted by Gasteiger charge is -2.24. The van der Waals surface area contributed by atoms with E-state index in [-0.39, 0.29) is 15.6 Å². The molecule has 1 aromatic rings. The van der Waals surface area contributed by atoms with E-state index >= 15 is 0 Å². The molecule has 1 heterocycles. The van der Waals surface area contributed by atoms with Gasteiger partial charge in [0, 0.05) is 11.3 Å². The molecule has 2 atom stereocenters. The van der Waals surface area contributed by atoms with E-state index in [4.69, 9.17) is 18.0 Å². The Morgan fingerprint density at radius 1 is 1.48 bits per heavy atom. The molecule has 0 spiro atoms. The van der Waals surface area contributed by atoms with Gasteiger partial charge < -0.3 is 11.1 Å². The van der Waals surface area contributed by atoms with Gasteiger partial charge in [-0.2, -0.15) is 11.8 Å². The number of benzene rings is 1. The van der Waals surface area contributed by atoms with Crippen LogP contribution in [0.25, 0.3) is 0 Å². The first-order valence-corrected chi connectivity index (χ1v) is 8.64. The molecule has 1 aromatic carbocycles. The SMILES string of the molecule is CC1(CNC(=O)C(Cc2ccccc2)C(N)=S)CCCS1. The van der Waals surface area contributed by atoms with Crippen LogP contribution in [-0.2, 0) is 11.2 Å². The molecule has 0 aromatic heterocycles. The Hall–Kier alpha value is -1.07. The highest BCUT2D eigenvalue weighted by molar-refractivity contribution is 8.00. The highest BCUT2D eigenvalue weighted by Crippen LogP contribution is 2.37. The summed E-state index contributed by atoms with van der Waals surface area (Å²) in [5.41, 5.74) is 6.84. The number of carbonyl (C=O) groups is 1. The fourth-order valence-corrected chi connectivity index (χ4v) is 3.98. The van der Waals surface area contributed by atoms with Crippen LogP contribution in [0.15, 0.2) is 30.3 Å². The number of nitrogens with two attached hydrogens (primary N) is 1. The van der Waals surface area contributed by atoms with Crippen molar-refractivity contribution in [2.75, 3.05) is 12.3 Å². The van der Waals surface area contributed by atoms with E-state index in [9.17, 15) is 4.79 Å². The summed E-state index contributed by atoms with van der Waals surface area (Å²) in [5.74, 6) is 0.687. The number of nitrogens with one attached hydrogen (secondary N) is 1. The summed E-state index contributed by atoms with van der Waals surface area (Å²) in [6.45, 7) is 2.89. The molecule has 1 amide bonds. The molecule has 114 valence electrons. The standard InChI is InChI=1S/C16H22N2OS2/c1-16(8-5-9-21-16)11-18-15(19)13(14(17)20)10-12-6-3-2-4-7-12/h2-4,6-7,13H,5,8-11H2,1H3,(H2,17,20)(H,18,19). The maximum Gasteiger partial charge on any atom is 0.230 e. The second-order valence-corrected chi connectivity index (χ2v) is 7.92. The van der Waals surface area contributed by atoms with Crippen LogP contribution in [0.1, 0.15) is 25.3 Å². The van der Waals surface area contributed by atoms with E-state index in [0.717, 1.165) is 12.0 Å².